The monoisotopic (exact) mass is 456 g/mol. The number of carbonyl (C=O) groups is 1. The van der Waals surface area contributed by atoms with Crippen molar-refractivity contribution in [2.45, 2.75) is 20.0 Å². The van der Waals surface area contributed by atoms with E-state index in [1.165, 1.54) is 0 Å². The van der Waals surface area contributed by atoms with Crippen LogP contribution in [-0.4, -0.2) is 18.7 Å². The van der Waals surface area contributed by atoms with Crippen LogP contribution in [-0.2, 0) is 6.61 Å². The van der Waals surface area contributed by atoms with Crippen LogP contribution in [0.25, 0.3) is 0 Å². The largest absolute Gasteiger partial charge is 0.494 e. The van der Waals surface area contributed by atoms with Gasteiger partial charge in [0.25, 0.3) is 5.91 Å². The fraction of sp³-hybridized carbons (Fsp3) is 0.167. The van der Waals surface area contributed by atoms with Crippen molar-refractivity contribution in [3.63, 3.8) is 0 Å². The zero-order valence-corrected chi connectivity index (χ0v) is 18.5. The highest BCUT2D eigenvalue weighted by Gasteiger charge is 2.05. The third kappa shape index (κ3) is 7.02. The van der Waals surface area contributed by atoms with Gasteiger partial charge in [-0.05, 0) is 66.1 Å². The molecule has 0 spiro atoms. The molecule has 5 nitrogen and oxygen atoms in total. The van der Waals surface area contributed by atoms with Crippen molar-refractivity contribution in [2.24, 2.45) is 5.10 Å². The Hall–Kier alpha value is -3.02. The van der Waals surface area contributed by atoms with Crippen molar-refractivity contribution in [1.29, 1.82) is 0 Å². The minimum atomic E-state index is -0.301. The average molecular weight is 457 g/mol. The van der Waals surface area contributed by atoms with Crippen LogP contribution in [0, 0.1) is 0 Å². The van der Waals surface area contributed by atoms with Crippen LogP contribution in [0.15, 0.2) is 71.8 Å². The zero-order valence-electron chi connectivity index (χ0n) is 17.0. The van der Waals surface area contributed by atoms with Crippen LogP contribution in [0.3, 0.4) is 0 Å². The van der Waals surface area contributed by atoms with Crippen molar-refractivity contribution in [2.75, 3.05) is 6.61 Å². The van der Waals surface area contributed by atoms with Crippen LogP contribution in [0.5, 0.6) is 11.5 Å². The van der Waals surface area contributed by atoms with Crippen LogP contribution in [0.2, 0.25) is 10.0 Å². The molecule has 0 saturated heterocycles. The highest BCUT2D eigenvalue weighted by molar-refractivity contribution is 6.42. The van der Waals surface area contributed by atoms with Crippen molar-refractivity contribution >= 4 is 35.3 Å². The summed E-state index contributed by atoms with van der Waals surface area (Å²) in [5, 5.41) is 5.02. The Bertz CT molecular complexity index is 1050. The summed E-state index contributed by atoms with van der Waals surface area (Å²) in [4.78, 5) is 12.2. The maximum Gasteiger partial charge on any atom is 0.271 e. The third-order valence-corrected chi connectivity index (χ3v) is 4.96. The van der Waals surface area contributed by atoms with E-state index in [2.05, 4.69) is 10.5 Å². The van der Waals surface area contributed by atoms with Crippen molar-refractivity contribution in [3.8, 4) is 11.5 Å². The zero-order chi connectivity index (χ0) is 22.1. The van der Waals surface area contributed by atoms with Crippen molar-refractivity contribution in [1.82, 2.24) is 5.43 Å². The Morgan fingerprint density at radius 3 is 2.52 bits per heavy atom. The maximum atomic E-state index is 12.2. The molecule has 0 aliphatic heterocycles. The van der Waals surface area contributed by atoms with E-state index in [0.29, 0.717) is 34.6 Å². The molecule has 0 aromatic heterocycles. The van der Waals surface area contributed by atoms with Crippen LogP contribution < -0.4 is 14.9 Å². The van der Waals surface area contributed by atoms with E-state index >= 15 is 0 Å². The van der Waals surface area contributed by atoms with E-state index in [9.17, 15) is 4.79 Å². The number of amides is 1. The normalized spacial score (nSPS) is 10.8. The van der Waals surface area contributed by atoms with E-state index in [-0.39, 0.29) is 5.91 Å². The van der Waals surface area contributed by atoms with Gasteiger partial charge in [0.1, 0.15) is 18.1 Å². The molecule has 0 fully saturated rings. The first kappa shape index (κ1) is 22.7. The fourth-order valence-corrected chi connectivity index (χ4v) is 2.95. The first-order valence-corrected chi connectivity index (χ1v) is 10.5. The number of nitrogens with zero attached hydrogens (tertiary/aromatic N) is 1. The molecule has 0 aliphatic rings. The molecule has 1 N–H and O–H groups in total. The predicted molar refractivity (Wildman–Crippen MR) is 125 cm³/mol. The molecule has 0 unspecified atom stereocenters. The molecule has 160 valence electrons. The molecule has 0 atom stereocenters. The number of hydrogen-bond donors (Lipinski definition) is 1. The number of rotatable bonds is 9. The van der Waals surface area contributed by atoms with E-state index in [4.69, 9.17) is 32.7 Å². The fourth-order valence-electron chi connectivity index (χ4n) is 2.63. The van der Waals surface area contributed by atoms with Gasteiger partial charge in [0.05, 0.1) is 22.9 Å². The van der Waals surface area contributed by atoms with E-state index in [0.717, 1.165) is 23.3 Å². The standard InChI is InChI=1S/C24H22Cl2N2O3/c1-2-12-30-20-9-7-19(8-10-20)24(29)28-27-15-17-4-3-5-21(13-17)31-16-18-6-11-22(25)23(26)14-18/h3-11,13-15H,2,12,16H2,1H3,(H,28,29)/b27-15+. The highest BCUT2D eigenvalue weighted by atomic mass is 35.5. The van der Waals surface area contributed by atoms with Crippen LogP contribution in [0.1, 0.15) is 34.8 Å². The molecule has 0 radical (unpaired) electrons. The maximum absolute atomic E-state index is 12.2. The van der Waals surface area contributed by atoms with Gasteiger partial charge in [-0.1, -0.05) is 48.3 Å². The lowest BCUT2D eigenvalue weighted by atomic mass is 10.2. The van der Waals surface area contributed by atoms with Gasteiger partial charge in [0, 0.05) is 5.56 Å². The number of ether oxygens (including phenoxy) is 2. The Kier molecular flexibility index (Phi) is 8.33. The first-order chi connectivity index (χ1) is 15.0. The minimum Gasteiger partial charge on any atom is -0.494 e. The summed E-state index contributed by atoms with van der Waals surface area (Å²) in [5.74, 6) is 1.11. The number of carbonyl (C=O) groups excluding carboxylic acids is 1. The summed E-state index contributed by atoms with van der Waals surface area (Å²) in [7, 11) is 0. The van der Waals surface area contributed by atoms with Gasteiger partial charge in [-0.15, -0.1) is 0 Å². The summed E-state index contributed by atoms with van der Waals surface area (Å²) >= 11 is 12.0. The second-order valence-corrected chi connectivity index (χ2v) is 7.50. The van der Waals surface area contributed by atoms with Gasteiger partial charge in [-0.25, -0.2) is 5.43 Å². The van der Waals surface area contributed by atoms with Gasteiger partial charge in [-0.3, -0.25) is 4.79 Å². The SMILES string of the molecule is CCCOc1ccc(C(=O)N/N=C/c2cccc(OCc3ccc(Cl)c(Cl)c3)c2)cc1. The molecule has 3 aromatic rings. The molecule has 3 aromatic carbocycles. The van der Waals surface area contributed by atoms with E-state index in [1.807, 2.05) is 37.3 Å². The Morgan fingerprint density at radius 2 is 1.77 bits per heavy atom. The average Bonchev–Trinajstić information content (AvgIpc) is 2.79. The van der Waals surface area contributed by atoms with E-state index < -0.39 is 0 Å². The van der Waals surface area contributed by atoms with Crippen molar-refractivity contribution in [3.05, 3.63) is 93.5 Å². The Balaban J connectivity index is 1.53. The molecule has 0 bridgehead atoms. The molecule has 1 amide bonds. The van der Waals surface area contributed by atoms with Gasteiger partial charge in [0.2, 0.25) is 0 Å². The summed E-state index contributed by atoms with van der Waals surface area (Å²) in [6.07, 6.45) is 2.49. The Labute approximate surface area is 191 Å². The predicted octanol–water partition coefficient (Wildman–Crippen LogP) is 6.13. The second-order valence-electron chi connectivity index (χ2n) is 6.68. The lowest BCUT2D eigenvalue weighted by Crippen LogP contribution is -2.17. The van der Waals surface area contributed by atoms with E-state index in [1.54, 1.807) is 42.6 Å². The molecule has 3 rings (SSSR count). The Morgan fingerprint density at radius 1 is 0.968 bits per heavy atom. The molecule has 7 heteroatoms. The third-order valence-electron chi connectivity index (χ3n) is 4.22. The molecule has 0 aliphatic carbocycles. The van der Waals surface area contributed by atoms with Gasteiger partial charge in [0.15, 0.2) is 0 Å². The van der Waals surface area contributed by atoms with Gasteiger partial charge in [-0.2, -0.15) is 5.10 Å². The number of hydrogen-bond acceptors (Lipinski definition) is 4. The molecule has 31 heavy (non-hydrogen) atoms. The minimum absolute atomic E-state index is 0.301. The van der Waals surface area contributed by atoms with Crippen molar-refractivity contribution < 1.29 is 14.3 Å². The second kappa shape index (κ2) is 11.4. The quantitative estimate of drug-likeness (QED) is 0.311. The topological polar surface area (TPSA) is 59.9 Å². The molecular weight excluding hydrogens is 435 g/mol. The number of halogens is 2. The molecule has 0 heterocycles. The number of hydrazone groups is 1. The van der Waals surface area contributed by atoms with Crippen LogP contribution in [0.4, 0.5) is 0 Å². The summed E-state index contributed by atoms with van der Waals surface area (Å²) in [5.41, 5.74) is 4.72. The lowest BCUT2D eigenvalue weighted by molar-refractivity contribution is 0.0955. The number of nitrogens with one attached hydrogen (secondary N) is 1. The summed E-state index contributed by atoms with van der Waals surface area (Å²) < 4.78 is 11.3. The highest BCUT2D eigenvalue weighted by Crippen LogP contribution is 2.23. The smallest absolute Gasteiger partial charge is 0.271 e. The van der Waals surface area contributed by atoms with Crippen LogP contribution >= 0.6 is 23.2 Å². The summed E-state index contributed by atoms with van der Waals surface area (Å²) in [6, 6.07) is 19.7. The first-order valence-electron chi connectivity index (χ1n) is 9.78. The molecule has 0 saturated carbocycles. The van der Waals surface area contributed by atoms with Gasteiger partial charge >= 0.3 is 0 Å². The number of benzene rings is 3. The van der Waals surface area contributed by atoms with Gasteiger partial charge < -0.3 is 9.47 Å². The summed E-state index contributed by atoms with van der Waals surface area (Å²) in [6.45, 7) is 3.04. The lowest BCUT2D eigenvalue weighted by Gasteiger charge is -2.08. The molecular formula is C24H22Cl2N2O3.